The summed E-state index contributed by atoms with van der Waals surface area (Å²) in [6, 6.07) is 4.34. The molecule has 1 aromatic rings. The maximum absolute atomic E-state index is 12.5. The molecule has 1 aliphatic rings. The van der Waals surface area contributed by atoms with Crippen LogP contribution in [0.3, 0.4) is 0 Å². The Kier molecular flexibility index (Phi) is 6.84. The Morgan fingerprint density at radius 2 is 2.17 bits per heavy atom. The van der Waals surface area contributed by atoms with Gasteiger partial charge in [-0.3, -0.25) is 4.79 Å². The van der Waals surface area contributed by atoms with Crippen molar-refractivity contribution in [3.63, 3.8) is 0 Å². The van der Waals surface area contributed by atoms with E-state index in [4.69, 9.17) is 16.3 Å². The largest absolute Gasteiger partial charge is 0.394 e. The maximum Gasteiger partial charge on any atom is 0.322 e. The molecular weight excluding hydrogens is 334 g/mol. The highest BCUT2D eigenvalue weighted by Crippen LogP contribution is 2.27. The first-order valence-corrected chi connectivity index (χ1v) is 8.19. The van der Waals surface area contributed by atoms with Crippen molar-refractivity contribution in [2.24, 2.45) is 0 Å². The minimum absolute atomic E-state index is 0.0592. The highest BCUT2D eigenvalue weighted by Gasteiger charge is 2.26. The molecule has 0 aromatic heterocycles. The SMILES string of the molecule is COCC(=O)Nc1ccc(Cl)c(NC(=O)N2CCCC[C@@H]2CO)c1. The minimum atomic E-state index is -0.309. The van der Waals surface area contributed by atoms with Crippen LogP contribution in [0.25, 0.3) is 0 Å². The van der Waals surface area contributed by atoms with Crippen LogP contribution in [0.2, 0.25) is 5.02 Å². The molecule has 1 heterocycles. The first-order valence-electron chi connectivity index (χ1n) is 7.82. The van der Waals surface area contributed by atoms with Crippen molar-refractivity contribution in [3.05, 3.63) is 23.2 Å². The summed E-state index contributed by atoms with van der Waals surface area (Å²) in [6.45, 7) is 0.476. The van der Waals surface area contributed by atoms with Crippen LogP contribution in [-0.4, -0.2) is 54.9 Å². The fraction of sp³-hybridized carbons (Fsp3) is 0.500. The summed E-state index contributed by atoms with van der Waals surface area (Å²) in [5.74, 6) is -0.298. The highest BCUT2D eigenvalue weighted by atomic mass is 35.5. The number of hydrogen-bond acceptors (Lipinski definition) is 4. The predicted octanol–water partition coefficient (Wildman–Crippen LogP) is 2.30. The van der Waals surface area contributed by atoms with Gasteiger partial charge in [-0.2, -0.15) is 0 Å². The molecule has 0 spiro atoms. The number of ether oxygens (including phenoxy) is 1. The number of aliphatic hydroxyl groups excluding tert-OH is 1. The molecule has 1 aliphatic heterocycles. The zero-order valence-electron chi connectivity index (χ0n) is 13.5. The average molecular weight is 356 g/mol. The zero-order chi connectivity index (χ0) is 17.5. The summed E-state index contributed by atoms with van der Waals surface area (Å²) in [6.07, 6.45) is 2.69. The smallest absolute Gasteiger partial charge is 0.322 e. The molecule has 24 heavy (non-hydrogen) atoms. The first kappa shape index (κ1) is 18.5. The third-order valence-electron chi connectivity index (χ3n) is 3.87. The van der Waals surface area contributed by atoms with Gasteiger partial charge >= 0.3 is 6.03 Å². The molecule has 1 aromatic carbocycles. The van der Waals surface area contributed by atoms with Gasteiger partial charge in [-0.25, -0.2) is 4.79 Å². The number of aliphatic hydroxyl groups is 1. The van der Waals surface area contributed by atoms with Crippen LogP contribution in [0.15, 0.2) is 18.2 Å². The van der Waals surface area contributed by atoms with Gasteiger partial charge in [-0.1, -0.05) is 11.6 Å². The number of halogens is 1. The van der Waals surface area contributed by atoms with Gasteiger partial charge in [0.15, 0.2) is 0 Å². The number of carbonyl (C=O) groups excluding carboxylic acids is 2. The molecular formula is C16H22ClN3O4. The number of urea groups is 1. The molecule has 1 fully saturated rings. The lowest BCUT2D eigenvalue weighted by Crippen LogP contribution is -2.47. The molecule has 0 aliphatic carbocycles. The van der Waals surface area contributed by atoms with Gasteiger partial charge in [0.2, 0.25) is 5.91 Å². The number of benzene rings is 1. The molecule has 0 bridgehead atoms. The van der Waals surface area contributed by atoms with E-state index in [1.807, 2.05) is 0 Å². The number of nitrogens with one attached hydrogen (secondary N) is 2. The van der Waals surface area contributed by atoms with Gasteiger partial charge in [-0.15, -0.1) is 0 Å². The quantitative estimate of drug-likeness (QED) is 0.755. The van der Waals surface area contributed by atoms with Crippen molar-refractivity contribution in [2.75, 3.05) is 37.5 Å². The highest BCUT2D eigenvalue weighted by molar-refractivity contribution is 6.33. The fourth-order valence-corrected chi connectivity index (χ4v) is 2.84. The summed E-state index contributed by atoms with van der Waals surface area (Å²) < 4.78 is 4.76. The van der Waals surface area contributed by atoms with Crippen LogP contribution in [0.4, 0.5) is 16.2 Å². The van der Waals surface area contributed by atoms with Crippen molar-refractivity contribution in [1.82, 2.24) is 4.90 Å². The third kappa shape index (κ3) is 4.83. The molecule has 1 saturated heterocycles. The molecule has 2 rings (SSSR count). The number of anilines is 2. The summed E-state index contributed by atoms with van der Waals surface area (Å²) in [4.78, 5) is 25.7. The number of rotatable bonds is 5. The van der Waals surface area contributed by atoms with E-state index in [0.717, 1.165) is 19.3 Å². The third-order valence-corrected chi connectivity index (χ3v) is 4.20. The zero-order valence-corrected chi connectivity index (χ0v) is 14.3. The number of methoxy groups -OCH3 is 1. The van der Waals surface area contributed by atoms with Crippen LogP contribution in [-0.2, 0) is 9.53 Å². The second-order valence-corrected chi connectivity index (χ2v) is 6.04. The number of piperidine rings is 1. The fourth-order valence-electron chi connectivity index (χ4n) is 2.67. The van der Waals surface area contributed by atoms with E-state index in [0.29, 0.717) is 22.9 Å². The molecule has 132 valence electrons. The van der Waals surface area contributed by atoms with Crippen LogP contribution in [0.5, 0.6) is 0 Å². The van der Waals surface area contributed by atoms with Gasteiger partial charge in [0.1, 0.15) is 6.61 Å². The van der Waals surface area contributed by atoms with E-state index in [2.05, 4.69) is 10.6 Å². The van der Waals surface area contributed by atoms with Gasteiger partial charge < -0.3 is 25.4 Å². The second kappa shape index (κ2) is 8.86. The van der Waals surface area contributed by atoms with Crippen LogP contribution >= 0.6 is 11.6 Å². The van der Waals surface area contributed by atoms with Crippen LogP contribution in [0.1, 0.15) is 19.3 Å². The molecule has 0 unspecified atom stereocenters. The molecule has 7 nitrogen and oxygen atoms in total. The van der Waals surface area contributed by atoms with E-state index in [1.54, 1.807) is 23.1 Å². The molecule has 8 heteroatoms. The Labute approximate surface area is 145 Å². The Morgan fingerprint density at radius 3 is 2.88 bits per heavy atom. The van der Waals surface area contributed by atoms with Crippen molar-refractivity contribution in [1.29, 1.82) is 0 Å². The molecule has 0 radical (unpaired) electrons. The normalized spacial score (nSPS) is 17.5. The van der Waals surface area contributed by atoms with E-state index in [9.17, 15) is 14.7 Å². The lowest BCUT2D eigenvalue weighted by atomic mass is 10.0. The Hall–Kier alpha value is -1.83. The van der Waals surface area contributed by atoms with Gasteiger partial charge in [0.05, 0.1) is 23.4 Å². The van der Waals surface area contributed by atoms with Crippen LogP contribution in [0, 0.1) is 0 Å². The van der Waals surface area contributed by atoms with E-state index < -0.39 is 0 Å². The molecule has 3 N–H and O–H groups in total. The maximum atomic E-state index is 12.5. The summed E-state index contributed by atoms with van der Waals surface area (Å²) in [7, 11) is 1.43. The molecule has 3 amide bonds. The Balaban J connectivity index is 2.07. The topological polar surface area (TPSA) is 90.9 Å². The lowest BCUT2D eigenvalue weighted by Gasteiger charge is -2.34. The van der Waals surface area contributed by atoms with Gasteiger partial charge in [-0.05, 0) is 37.5 Å². The average Bonchev–Trinajstić information content (AvgIpc) is 2.58. The lowest BCUT2D eigenvalue weighted by molar-refractivity contribution is -0.119. The Bertz CT molecular complexity index is 597. The second-order valence-electron chi connectivity index (χ2n) is 5.63. The predicted molar refractivity (Wildman–Crippen MR) is 92.4 cm³/mol. The number of carbonyl (C=O) groups is 2. The van der Waals surface area contributed by atoms with Crippen molar-refractivity contribution in [2.45, 2.75) is 25.3 Å². The minimum Gasteiger partial charge on any atom is -0.394 e. The number of hydrogen-bond donors (Lipinski definition) is 3. The van der Waals surface area contributed by atoms with E-state index >= 15 is 0 Å². The molecule has 0 saturated carbocycles. The van der Waals surface area contributed by atoms with Crippen molar-refractivity contribution < 1.29 is 19.4 Å². The number of amides is 3. The van der Waals surface area contributed by atoms with Crippen molar-refractivity contribution >= 4 is 34.9 Å². The van der Waals surface area contributed by atoms with E-state index in [1.165, 1.54) is 7.11 Å². The Morgan fingerprint density at radius 1 is 1.38 bits per heavy atom. The first-order chi connectivity index (χ1) is 11.5. The molecule has 1 atom stereocenters. The summed E-state index contributed by atoms with van der Waals surface area (Å²) in [5, 5.41) is 15.2. The van der Waals surface area contributed by atoms with Crippen molar-refractivity contribution in [3.8, 4) is 0 Å². The monoisotopic (exact) mass is 355 g/mol. The number of likely N-dealkylation sites (tertiary alicyclic amines) is 1. The van der Waals surface area contributed by atoms with Crippen LogP contribution < -0.4 is 10.6 Å². The summed E-state index contributed by atoms with van der Waals surface area (Å²) in [5.41, 5.74) is 0.910. The number of nitrogens with zero attached hydrogens (tertiary/aromatic N) is 1. The van der Waals surface area contributed by atoms with Gasteiger partial charge in [0, 0.05) is 19.3 Å². The van der Waals surface area contributed by atoms with Gasteiger partial charge in [0.25, 0.3) is 0 Å². The standard InChI is InChI=1S/C16H22ClN3O4/c1-24-10-15(22)18-11-5-6-13(17)14(8-11)19-16(23)20-7-3-2-4-12(20)9-21/h5-6,8,12,21H,2-4,7,9-10H2,1H3,(H,18,22)(H,19,23)/t12-/m1/s1. The van der Waals surface area contributed by atoms with E-state index in [-0.39, 0.29) is 31.2 Å². The summed E-state index contributed by atoms with van der Waals surface area (Å²) >= 11 is 6.13.